The minimum atomic E-state index is 0.239. The van der Waals surface area contributed by atoms with E-state index in [0.29, 0.717) is 11.8 Å². The number of aromatic nitrogens is 1. The minimum Gasteiger partial charge on any atom is -0.495 e. The molecule has 0 saturated carbocycles. The second-order valence-corrected chi connectivity index (χ2v) is 6.20. The van der Waals surface area contributed by atoms with Crippen LogP contribution in [-0.4, -0.2) is 12.1 Å². The molecular weight excluding hydrogens is 296 g/mol. The first-order valence-corrected chi connectivity index (χ1v) is 7.87. The number of hydrogen-bond donors (Lipinski definition) is 1. The zero-order valence-corrected chi connectivity index (χ0v) is 13.0. The van der Waals surface area contributed by atoms with Gasteiger partial charge in [-0.15, -0.1) is 0 Å². The number of benzene rings is 1. The van der Waals surface area contributed by atoms with Crippen LogP contribution in [0.3, 0.4) is 0 Å². The lowest BCUT2D eigenvalue weighted by Gasteiger charge is -2.38. The number of hydrogen-bond acceptors (Lipinski definition) is 3. The van der Waals surface area contributed by atoms with Gasteiger partial charge in [-0.3, -0.25) is 4.98 Å². The van der Waals surface area contributed by atoms with Gasteiger partial charge in [0.25, 0.3) is 0 Å². The van der Waals surface area contributed by atoms with Gasteiger partial charge in [0, 0.05) is 28.9 Å². The first-order chi connectivity index (χ1) is 10.8. The second kappa shape index (κ2) is 5.33. The molecule has 3 nitrogen and oxygen atoms in total. The van der Waals surface area contributed by atoms with Crippen LogP contribution < -0.4 is 10.1 Å². The number of halogens is 1. The van der Waals surface area contributed by atoms with Crippen LogP contribution in [0.25, 0.3) is 0 Å². The molecule has 0 radical (unpaired) electrons. The first kappa shape index (κ1) is 13.6. The number of pyridine rings is 1. The van der Waals surface area contributed by atoms with Gasteiger partial charge in [-0.05, 0) is 42.2 Å². The van der Waals surface area contributed by atoms with Gasteiger partial charge in [-0.2, -0.15) is 0 Å². The molecule has 4 rings (SSSR count). The quantitative estimate of drug-likeness (QED) is 0.825. The molecule has 1 aromatic heterocycles. The second-order valence-electron chi connectivity index (χ2n) is 5.79. The largest absolute Gasteiger partial charge is 0.495 e. The van der Waals surface area contributed by atoms with E-state index in [1.54, 1.807) is 7.11 Å². The Kier molecular flexibility index (Phi) is 3.30. The predicted octanol–water partition coefficient (Wildman–Crippen LogP) is 4.57. The lowest BCUT2D eigenvalue weighted by Crippen LogP contribution is -2.29. The van der Waals surface area contributed by atoms with Crippen molar-refractivity contribution in [1.82, 2.24) is 4.98 Å². The Balaban J connectivity index is 1.87. The summed E-state index contributed by atoms with van der Waals surface area (Å²) in [6.07, 6.45) is 9.29. The first-order valence-electron chi connectivity index (χ1n) is 7.49. The third-order valence-electron chi connectivity index (χ3n) is 4.71. The molecule has 0 bridgehead atoms. The van der Waals surface area contributed by atoms with Gasteiger partial charge in [0.2, 0.25) is 0 Å². The minimum absolute atomic E-state index is 0.239. The van der Waals surface area contributed by atoms with E-state index >= 15 is 0 Å². The van der Waals surface area contributed by atoms with Crippen molar-refractivity contribution in [3.05, 3.63) is 65.0 Å². The predicted molar refractivity (Wildman–Crippen MR) is 88.6 cm³/mol. The molecule has 1 aromatic carbocycles. The topological polar surface area (TPSA) is 34.1 Å². The number of ether oxygens (including phenoxy) is 1. The Morgan fingerprint density at radius 2 is 2.05 bits per heavy atom. The molecular formula is C18H17ClN2O. The number of allylic oxidation sites excluding steroid dienone is 2. The maximum atomic E-state index is 6.49. The smallest absolute Gasteiger partial charge is 0.142 e. The summed E-state index contributed by atoms with van der Waals surface area (Å²) in [7, 11) is 1.70. The van der Waals surface area contributed by atoms with Crippen molar-refractivity contribution in [1.29, 1.82) is 0 Å². The number of methoxy groups -OCH3 is 1. The van der Waals surface area contributed by atoms with Crippen molar-refractivity contribution < 1.29 is 4.74 Å². The molecule has 1 aliphatic heterocycles. The van der Waals surface area contributed by atoms with Crippen molar-refractivity contribution in [3.63, 3.8) is 0 Å². The number of nitrogens with one attached hydrogen (secondary N) is 1. The van der Waals surface area contributed by atoms with Crippen molar-refractivity contribution >= 4 is 17.3 Å². The highest BCUT2D eigenvalue weighted by atomic mass is 35.5. The lowest BCUT2D eigenvalue weighted by atomic mass is 9.77. The third kappa shape index (κ3) is 2.00. The van der Waals surface area contributed by atoms with Crippen LogP contribution in [0.1, 0.15) is 29.5 Å². The van der Waals surface area contributed by atoms with Crippen molar-refractivity contribution in [2.75, 3.05) is 12.4 Å². The maximum absolute atomic E-state index is 6.49. The van der Waals surface area contributed by atoms with Gasteiger partial charge in [-0.1, -0.05) is 23.8 Å². The average molecular weight is 313 g/mol. The van der Waals surface area contributed by atoms with Gasteiger partial charge in [-0.25, -0.2) is 0 Å². The summed E-state index contributed by atoms with van der Waals surface area (Å²) in [5.74, 6) is 1.65. The van der Waals surface area contributed by atoms with Crippen LogP contribution in [0.2, 0.25) is 5.02 Å². The van der Waals surface area contributed by atoms with Crippen LogP contribution in [-0.2, 0) is 0 Å². The molecule has 3 atom stereocenters. The molecule has 0 unspecified atom stereocenters. The fourth-order valence-corrected chi connectivity index (χ4v) is 3.99. The van der Waals surface area contributed by atoms with Gasteiger partial charge >= 0.3 is 0 Å². The number of nitrogens with zero attached hydrogens (tertiary/aromatic N) is 1. The number of rotatable bonds is 2. The zero-order valence-electron chi connectivity index (χ0n) is 12.3. The van der Waals surface area contributed by atoms with E-state index in [0.717, 1.165) is 28.4 Å². The molecule has 0 saturated heterocycles. The summed E-state index contributed by atoms with van der Waals surface area (Å²) in [5.41, 5.74) is 3.43. The fourth-order valence-electron chi connectivity index (χ4n) is 3.71. The summed E-state index contributed by atoms with van der Waals surface area (Å²) < 4.78 is 5.54. The molecule has 1 aliphatic carbocycles. The van der Waals surface area contributed by atoms with E-state index in [9.17, 15) is 0 Å². The SMILES string of the molecule is COc1ccc(Cl)c2c1N[C@H](c1ccncc1)[C@@H]1CC=C[C@@H]21. The van der Waals surface area contributed by atoms with Gasteiger partial charge in [0.05, 0.1) is 18.8 Å². The highest BCUT2D eigenvalue weighted by Gasteiger charge is 2.40. The molecule has 112 valence electrons. The Hall–Kier alpha value is -2.00. The normalized spacial score (nSPS) is 25.3. The molecule has 1 N–H and O–H groups in total. The standard InChI is InChI=1S/C18H17ClN2O/c1-22-15-6-5-14(19)16-12-3-2-4-13(12)17(21-18(15)16)11-7-9-20-10-8-11/h2-3,5-10,12-13,17,21H,4H2,1H3/t12-,13-,17-/m1/s1. The molecule has 2 aromatic rings. The van der Waals surface area contributed by atoms with E-state index in [4.69, 9.17) is 16.3 Å². The van der Waals surface area contributed by atoms with E-state index < -0.39 is 0 Å². The van der Waals surface area contributed by atoms with E-state index in [1.807, 2.05) is 24.5 Å². The van der Waals surface area contributed by atoms with E-state index in [2.05, 4.69) is 34.6 Å². The molecule has 22 heavy (non-hydrogen) atoms. The maximum Gasteiger partial charge on any atom is 0.142 e. The van der Waals surface area contributed by atoms with Crippen molar-refractivity contribution in [3.8, 4) is 5.75 Å². The molecule has 4 heteroatoms. The van der Waals surface area contributed by atoms with E-state index in [-0.39, 0.29) is 6.04 Å². The average Bonchev–Trinajstić information content (AvgIpc) is 3.04. The molecule has 0 fully saturated rings. The van der Waals surface area contributed by atoms with E-state index in [1.165, 1.54) is 5.56 Å². The van der Waals surface area contributed by atoms with Crippen LogP contribution in [0.4, 0.5) is 5.69 Å². The Morgan fingerprint density at radius 1 is 1.23 bits per heavy atom. The van der Waals surface area contributed by atoms with Crippen LogP contribution >= 0.6 is 11.6 Å². The van der Waals surface area contributed by atoms with Crippen molar-refractivity contribution in [2.45, 2.75) is 18.4 Å². The fraction of sp³-hybridized carbons (Fsp3) is 0.278. The summed E-state index contributed by atoms with van der Waals surface area (Å²) >= 11 is 6.49. The highest BCUT2D eigenvalue weighted by Crippen LogP contribution is 2.54. The zero-order chi connectivity index (χ0) is 15.1. The van der Waals surface area contributed by atoms with Crippen molar-refractivity contribution in [2.24, 2.45) is 5.92 Å². The number of anilines is 1. The molecule has 2 aliphatic rings. The third-order valence-corrected chi connectivity index (χ3v) is 5.04. The molecule has 2 heterocycles. The van der Waals surface area contributed by atoms with Gasteiger partial charge in [0.15, 0.2) is 0 Å². The monoisotopic (exact) mass is 312 g/mol. The summed E-state index contributed by atoms with van der Waals surface area (Å²) in [6, 6.07) is 8.25. The Labute approximate surface area is 135 Å². The van der Waals surface area contributed by atoms with Gasteiger partial charge in [0.1, 0.15) is 5.75 Å². The van der Waals surface area contributed by atoms with Crippen LogP contribution in [0.5, 0.6) is 5.75 Å². The highest BCUT2D eigenvalue weighted by molar-refractivity contribution is 6.32. The number of fused-ring (bicyclic) bond motifs is 3. The Bertz CT molecular complexity index is 729. The lowest BCUT2D eigenvalue weighted by molar-refractivity contribution is 0.397. The van der Waals surface area contributed by atoms with Crippen LogP contribution in [0, 0.1) is 5.92 Å². The molecule has 0 amide bonds. The summed E-state index contributed by atoms with van der Waals surface area (Å²) in [6.45, 7) is 0. The summed E-state index contributed by atoms with van der Waals surface area (Å²) in [5, 5.41) is 4.47. The van der Waals surface area contributed by atoms with Gasteiger partial charge < -0.3 is 10.1 Å². The molecule has 0 spiro atoms. The van der Waals surface area contributed by atoms with Crippen LogP contribution in [0.15, 0.2) is 48.8 Å². The summed E-state index contributed by atoms with van der Waals surface area (Å²) in [4.78, 5) is 4.13. The Morgan fingerprint density at radius 3 is 2.82 bits per heavy atom.